The lowest BCUT2D eigenvalue weighted by Gasteiger charge is -2.39. The average Bonchev–Trinajstić information content (AvgIpc) is 2.63. The molecule has 1 saturated carbocycles. The Bertz CT molecular complexity index is 653. The van der Waals surface area contributed by atoms with Crippen LogP contribution in [-0.4, -0.2) is 22.6 Å². The topological polar surface area (TPSA) is 44.1 Å². The summed E-state index contributed by atoms with van der Waals surface area (Å²) in [6, 6.07) is 6.13. The molecule has 1 fully saturated rings. The molecule has 1 heterocycles. The van der Waals surface area contributed by atoms with Gasteiger partial charge < -0.3 is 9.30 Å². The van der Waals surface area contributed by atoms with Crippen molar-refractivity contribution >= 4 is 17.0 Å². The summed E-state index contributed by atoms with van der Waals surface area (Å²) in [4.78, 5) is 16.6. The number of rotatable bonds is 2. The van der Waals surface area contributed by atoms with Gasteiger partial charge in [0.2, 0.25) is 0 Å². The number of carbonyl (C=O) groups excluding carboxylic acids is 1. The van der Waals surface area contributed by atoms with Crippen LogP contribution in [0.1, 0.15) is 30.7 Å². The zero-order chi connectivity index (χ0) is 13.6. The lowest BCUT2D eigenvalue weighted by molar-refractivity contribution is -0.151. The van der Waals surface area contributed by atoms with Crippen molar-refractivity contribution in [2.24, 2.45) is 7.05 Å². The Kier molecular flexibility index (Phi) is 2.62. The molecule has 4 heteroatoms. The number of aromatic nitrogens is 2. The second kappa shape index (κ2) is 4.08. The number of benzene rings is 1. The molecule has 0 N–H and O–H groups in total. The SMILES string of the molecule is COC(=O)C1(c2ccc3c(c2)nc(C)n3C)CCC1. The molecule has 1 aliphatic rings. The first-order valence-corrected chi connectivity index (χ1v) is 6.60. The van der Waals surface area contributed by atoms with Gasteiger partial charge in [0.05, 0.1) is 23.6 Å². The van der Waals surface area contributed by atoms with Gasteiger partial charge in [-0.2, -0.15) is 0 Å². The standard InChI is InChI=1S/C15H18N2O2/c1-10-16-12-9-11(5-6-13(12)17(10)2)15(7-4-8-15)14(18)19-3/h5-6,9H,4,7-8H2,1-3H3. The van der Waals surface area contributed by atoms with Crippen LogP contribution >= 0.6 is 0 Å². The van der Waals surface area contributed by atoms with Crippen LogP contribution < -0.4 is 0 Å². The predicted molar refractivity (Wildman–Crippen MR) is 73.0 cm³/mol. The molecule has 0 atom stereocenters. The predicted octanol–water partition coefficient (Wildman–Crippen LogP) is 2.48. The van der Waals surface area contributed by atoms with Crippen LogP contribution in [0.2, 0.25) is 0 Å². The van der Waals surface area contributed by atoms with Crippen molar-refractivity contribution in [3.63, 3.8) is 0 Å². The zero-order valence-corrected chi connectivity index (χ0v) is 11.6. The van der Waals surface area contributed by atoms with E-state index in [1.54, 1.807) is 0 Å². The number of carbonyl (C=O) groups is 1. The molecule has 0 bridgehead atoms. The maximum atomic E-state index is 12.1. The number of nitrogens with zero attached hydrogens (tertiary/aromatic N) is 2. The monoisotopic (exact) mass is 258 g/mol. The van der Waals surface area contributed by atoms with Gasteiger partial charge in [-0.1, -0.05) is 12.5 Å². The van der Waals surface area contributed by atoms with Crippen LogP contribution in [0.3, 0.4) is 0 Å². The highest BCUT2D eigenvalue weighted by atomic mass is 16.5. The number of hydrogen-bond acceptors (Lipinski definition) is 3. The van der Waals surface area contributed by atoms with Gasteiger partial charge in [0, 0.05) is 7.05 Å². The lowest BCUT2D eigenvalue weighted by atomic mass is 9.64. The number of esters is 1. The van der Waals surface area contributed by atoms with Crippen molar-refractivity contribution in [1.82, 2.24) is 9.55 Å². The van der Waals surface area contributed by atoms with Gasteiger partial charge in [-0.25, -0.2) is 4.98 Å². The van der Waals surface area contributed by atoms with Gasteiger partial charge in [0.25, 0.3) is 0 Å². The third-order valence-corrected chi connectivity index (χ3v) is 4.44. The van der Waals surface area contributed by atoms with E-state index in [0.29, 0.717) is 0 Å². The number of imidazole rings is 1. The summed E-state index contributed by atoms with van der Waals surface area (Å²) in [6.45, 7) is 1.99. The average molecular weight is 258 g/mol. The van der Waals surface area contributed by atoms with E-state index in [2.05, 4.69) is 9.55 Å². The minimum Gasteiger partial charge on any atom is -0.468 e. The number of methoxy groups -OCH3 is 1. The van der Waals surface area contributed by atoms with E-state index in [1.165, 1.54) is 7.11 Å². The molecular formula is C15H18N2O2. The highest BCUT2D eigenvalue weighted by Crippen LogP contribution is 2.45. The Hall–Kier alpha value is -1.84. The Morgan fingerprint density at radius 2 is 2.16 bits per heavy atom. The molecule has 3 rings (SSSR count). The fraction of sp³-hybridized carbons (Fsp3) is 0.467. The third-order valence-electron chi connectivity index (χ3n) is 4.44. The number of aryl methyl sites for hydroxylation is 2. The van der Waals surface area contributed by atoms with E-state index in [0.717, 1.165) is 41.7 Å². The Morgan fingerprint density at radius 1 is 1.42 bits per heavy atom. The highest BCUT2D eigenvalue weighted by molar-refractivity contribution is 5.86. The molecule has 0 aliphatic heterocycles. The van der Waals surface area contributed by atoms with Crippen molar-refractivity contribution in [2.45, 2.75) is 31.6 Å². The third kappa shape index (κ3) is 1.59. The van der Waals surface area contributed by atoms with E-state index < -0.39 is 5.41 Å². The smallest absolute Gasteiger partial charge is 0.316 e. The van der Waals surface area contributed by atoms with E-state index in [1.807, 2.05) is 32.2 Å². The fourth-order valence-electron chi connectivity index (χ4n) is 2.95. The molecular weight excluding hydrogens is 240 g/mol. The molecule has 0 saturated heterocycles. The van der Waals surface area contributed by atoms with Crippen LogP contribution in [0.5, 0.6) is 0 Å². The van der Waals surface area contributed by atoms with Crippen LogP contribution in [0, 0.1) is 6.92 Å². The normalized spacial score (nSPS) is 17.2. The molecule has 2 aromatic rings. The Balaban J connectivity index is 2.12. The van der Waals surface area contributed by atoms with Gasteiger partial charge in [-0.05, 0) is 37.5 Å². The molecule has 0 radical (unpaired) electrons. The van der Waals surface area contributed by atoms with Crippen LogP contribution in [0.4, 0.5) is 0 Å². The van der Waals surface area contributed by atoms with Gasteiger partial charge in [0.1, 0.15) is 5.82 Å². The first-order chi connectivity index (χ1) is 9.08. The van der Waals surface area contributed by atoms with Crippen molar-refractivity contribution in [1.29, 1.82) is 0 Å². The molecule has 0 spiro atoms. The van der Waals surface area contributed by atoms with Gasteiger partial charge in [-0.3, -0.25) is 4.79 Å². The highest BCUT2D eigenvalue weighted by Gasteiger charge is 2.46. The molecule has 4 nitrogen and oxygen atoms in total. The maximum absolute atomic E-state index is 12.1. The number of fused-ring (bicyclic) bond motifs is 1. The summed E-state index contributed by atoms with van der Waals surface area (Å²) in [5.74, 6) is 0.860. The molecule has 1 aliphatic carbocycles. The first-order valence-electron chi connectivity index (χ1n) is 6.60. The molecule has 0 unspecified atom stereocenters. The van der Waals surface area contributed by atoms with E-state index in [9.17, 15) is 4.79 Å². The molecule has 0 amide bonds. The second-order valence-electron chi connectivity index (χ2n) is 5.35. The molecule has 19 heavy (non-hydrogen) atoms. The first kappa shape index (κ1) is 12.2. The van der Waals surface area contributed by atoms with Crippen molar-refractivity contribution in [3.8, 4) is 0 Å². The summed E-state index contributed by atoms with van der Waals surface area (Å²) in [5, 5.41) is 0. The van der Waals surface area contributed by atoms with Crippen molar-refractivity contribution < 1.29 is 9.53 Å². The van der Waals surface area contributed by atoms with Gasteiger partial charge in [0.15, 0.2) is 0 Å². The van der Waals surface area contributed by atoms with Crippen molar-refractivity contribution in [2.75, 3.05) is 7.11 Å². The van der Waals surface area contributed by atoms with Crippen LogP contribution in [0.25, 0.3) is 11.0 Å². The Morgan fingerprint density at radius 3 is 2.74 bits per heavy atom. The lowest BCUT2D eigenvalue weighted by Crippen LogP contribution is -2.43. The minimum absolute atomic E-state index is 0.120. The molecule has 1 aromatic heterocycles. The van der Waals surface area contributed by atoms with E-state index in [4.69, 9.17) is 4.74 Å². The van der Waals surface area contributed by atoms with Crippen LogP contribution in [-0.2, 0) is 22.0 Å². The summed E-state index contributed by atoms with van der Waals surface area (Å²) < 4.78 is 7.05. The maximum Gasteiger partial charge on any atom is 0.316 e. The summed E-state index contributed by atoms with van der Waals surface area (Å²) in [7, 11) is 3.47. The number of hydrogen-bond donors (Lipinski definition) is 0. The van der Waals surface area contributed by atoms with Gasteiger partial charge in [-0.15, -0.1) is 0 Å². The molecule has 1 aromatic carbocycles. The molecule has 100 valence electrons. The number of ether oxygens (including phenoxy) is 1. The van der Waals surface area contributed by atoms with Gasteiger partial charge >= 0.3 is 5.97 Å². The van der Waals surface area contributed by atoms with E-state index in [-0.39, 0.29) is 5.97 Å². The largest absolute Gasteiger partial charge is 0.468 e. The van der Waals surface area contributed by atoms with Crippen molar-refractivity contribution in [3.05, 3.63) is 29.6 Å². The fourth-order valence-corrected chi connectivity index (χ4v) is 2.95. The Labute approximate surface area is 112 Å². The zero-order valence-electron chi connectivity index (χ0n) is 11.6. The second-order valence-corrected chi connectivity index (χ2v) is 5.35. The summed E-state index contributed by atoms with van der Waals surface area (Å²) in [5.41, 5.74) is 2.65. The quantitative estimate of drug-likeness (QED) is 0.777. The minimum atomic E-state index is -0.436. The van der Waals surface area contributed by atoms with Crippen LogP contribution in [0.15, 0.2) is 18.2 Å². The summed E-state index contributed by atoms with van der Waals surface area (Å²) in [6.07, 6.45) is 2.82. The summed E-state index contributed by atoms with van der Waals surface area (Å²) >= 11 is 0. The van der Waals surface area contributed by atoms with E-state index >= 15 is 0 Å².